The maximum Gasteiger partial charge on any atom is 0.0425 e. The van der Waals surface area contributed by atoms with Crippen LogP contribution in [0.1, 0.15) is 25.7 Å². The summed E-state index contributed by atoms with van der Waals surface area (Å²) in [5, 5.41) is 0. The van der Waals surface area contributed by atoms with Gasteiger partial charge in [0, 0.05) is 18.8 Å². The summed E-state index contributed by atoms with van der Waals surface area (Å²) in [5.74, 6) is 0. The quantitative estimate of drug-likeness (QED) is 0.592. The molecule has 0 radical (unpaired) electrons. The molecule has 0 aromatic heterocycles. The summed E-state index contributed by atoms with van der Waals surface area (Å²) >= 11 is 0. The Morgan fingerprint density at radius 2 is 1.85 bits per heavy atom. The highest BCUT2D eigenvalue weighted by Gasteiger charge is 2.23. The van der Waals surface area contributed by atoms with E-state index in [0.29, 0.717) is 0 Å². The second-order valence-electron chi connectivity index (χ2n) is 3.88. The fraction of sp³-hybridized carbons (Fsp3) is 0.500. The van der Waals surface area contributed by atoms with Gasteiger partial charge in [0.15, 0.2) is 0 Å². The van der Waals surface area contributed by atoms with Crippen molar-refractivity contribution in [3.05, 3.63) is 36.1 Å². The Bertz CT molecular complexity index is 273. The first-order chi connectivity index (χ1) is 6.33. The lowest BCUT2D eigenvalue weighted by Gasteiger charge is -2.37. The van der Waals surface area contributed by atoms with Crippen LogP contribution in [0.4, 0.5) is 0 Å². The first-order valence-corrected chi connectivity index (χ1v) is 5.11. The normalized spacial score (nSPS) is 23.1. The van der Waals surface area contributed by atoms with Crippen molar-refractivity contribution in [2.24, 2.45) is 0 Å². The molecule has 0 aromatic carbocycles. The van der Waals surface area contributed by atoms with Crippen LogP contribution in [0, 0.1) is 0 Å². The number of rotatable bonds is 1. The highest BCUT2D eigenvalue weighted by Crippen LogP contribution is 2.33. The average molecular weight is 175 g/mol. The standard InChI is InChI=1S/C12H17N/c1-3-11-7-5-9-13-8-4-6-10(2)12(11)13/h3H,1-2,4-9H2. The monoisotopic (exact) mass is 175 g/mol. The molecule has 2 aliphatic rings. The lowest BCUT2D eigenvalue weighted by Crippen LogP contribution is -2.33. The van der Waals surface area contributed by atoms with Crippen LogP contribution in [-0.2, 0) is 0 Å². The molecule has 0 unspecified atom stereocenters. The van der Waals surface area contributed by atoms with Crippen LogP contribution < -0.4 is 0 Å². The molecule has 2 heterocycles. The molecule has 0 atom stereocenters. The SMILES string of the molecule is C=CC1=C2C(=C)CCCN2CCC1. The minimum absolute atomic E-state index is 1.17. The predicted molar refractivity (Wildman–Crippen MR) is 56.4 cm³/mol. The highest BCUT2D eigenvalue weighted by molar-refractivity contribution is 5.39. The number of hydrogen-bond acceptors (Lipinski definition) is 1. The zero-order valence-electron chi connectivity index (χ0n) is 8.18. The number of allylic oxidation sites excluding steroid dienone is 3. The highest BCUT2D eigenvalue weighted by atomic mass is 15.1. The van der Waals surface area contributed by atoms with Crippen molar-refractivity contribution in [2.45, 2.75) is 25.7 Å². The molecule has 2 rings (SSSR count). The molecule has 2 aliphatic heterocycles. The Hall–Kier alpha value is -0.980. The minimum Gasteiger partial charge on any atom is -0.371 e. The topological polar surface area (TPSA) is 3.24 Å². The van der Waals surface area contributed by atoms with Crippen molar-refractivity contribution in [2.75, 3.05) is 13.1 Å². The third-order valence-corrected chi connectivity index (χ3v) is 2.98. The molecule has 70 valence electrons. The molecule has 13 heavy (non-hydrogen) atoms. The second-order valence-corrected chi connectivity index (χ2v) is 3.88. The van der Waals surface area contributed by atoms with Crippen LogP contribution in [0.25, 0.3) is 0 Å². The summed E-state index contributed by atoms with van der Waals surface area (Å²) < 4.78 is 0. The largest absolute Gasteiger partial charge is 0.371 e. The second kappa shape index (κ2) is 3.41. The van der Waals surface area contributed by atoms with Crippen LogP contribution in [0.3, 0.4) is 0 Å². The summed E-state index contributed by atoms with van der Waals surface area (Å²) in [6, 6.07) is 0. The van der Waals surface area contributed by atoms with Crippen molar-refractivity contribution in [1.29, 1.82) is 0 Å². The van der Waals surface area contributed by atoms with Crippen LogP contribution in [0.5, 0.6) is 0 Å². The fourth-order valence-corrected chi connectivity index (χ4v) is 2.37. The van der Waals surface area contributed by atoms with Gasteiger partial charge in [-0.1, -0.05) is 19.2 Å². The molecule has 0 aromatic rings. The number of piperidine rings is 1. The number of fused-ring (bicyclic) bond motifs is 1. The van der Waals surface area contributed by atoms with Gasteiger partial charge < -0.3 is 4.90 Å². The van der Waals surface area contributed by atoms with E-state index < -0.39 is 0 Å². The molecular weight excluding hydrogens is 158 g/mol. The van der Waals surface area contributed by atoms with E-state index in [0.717, 1.165) is 0 Å². The number of nitrogens with zero attached hydrogens (tertiary/aromatic N) is 1. The molecule has 0 bridgehead atoms. The molecule has 0 saturated carbocycles. The van der Waals surface area contributed by atoms with Crippen LogP contribution in [-0.4, -0.2) is 18.0 Å². The zero-order valence-corrected chi connectivity index (χ0v) is 8.18. The van der Waals surface area contributed by atoms with Crippen LogP contribution in [0.15, 0.2) is 36.1 Å². The van der Waals surface area contributed by atoms with E-state index in [4.69, 9.17) is 0 Å². The molecule has 0 aliphatic carbocycles. The summed E-state index contributed by atoms with van der Waals surface area (Å²) in [7, 11) is 0. The van der Waals surface area contributed by atoms with Gasteiger partial charge in [0.25, 0.3) is 0 Å². The van der Waals surface area contributed by atoms with Gasteiger partial charge in [0.05, 0.1) is 0 Å². The van der Waals surface area contributed by atoms with E-state index in [1.165, 1.54) is 55.6 Å². The Labute approximate surface area is 80.4 Å². The van der Waals surface area contributed by atoms with E-state index in [-0.39, 0.29) is 0 Å². The van der Waals surface area contributed by atoms with Gasteiger partial charge in [-0.25, -0.2) is 0 Å². The fourth-order valence-electron chi connectivity index (χ4n) is 2.37. The molecule has 1 heteroatoms. The van der Waals surface area contributed by atoms with Gasteiger partial charge in [-0.15, -0.1) is 0 Å². The predicted octanol–water partition coefficient (Wildman–Crippen LogP) is 2.87. The van der Waals surface area contributed by atoms with E-state index >= 15 is 0 Å². The van der Waals surface area contributed by atoms with Crippen molar-refractivity contribution in [3.8, 4) is 0 Å². The molecule has 0 amide bonds. The smallest absolute Gasteiger partial charge is 0.0425 e. The van der Waals surface area contributed by atoms with Gasteiger partial charge in [-0.3, -0.25) is 0 Å². The van der Waals surface area contributed by atoms with Crippen LogP contribution >= 0.6 is 0 Å². The molecule has 1 saturated heterocycles. The summed E-state index contributed by atoms with van der Waals surface area (Å²) in [5.41, 5.74) is 4.14. The summed E-state index contributed by atoms with van der Waals surface area (Å²) in [6.45, 7) is 10.5. The Morgan fingerprint density at radius 3 is 2.54 bits per heavy atom. The first kappa shape index (κ1) is 8.61. The Balaban J connectivity index is 2.37. The third-order valence-electron chi connectivity index (χ3n) is 2.98. The first-order valence-electron chi connectivity index (χ1n) is 5.11. The van der Waals surface area contributed by atoms with E-state index in [9.17, 15) is 0 Å². The molecule has 1 fully saturated rings. The molecular formula is C12H17N. The maximum atomic E-state index is 4.15. The van der Waals surface area contributed by atoms with Crippen molar-refractivity contribution in [1.82, 2.24) is 4.90 Å². The lowest BCUT2D eigenvalue weighted by atomic mass is 9.92. The van der Waals surface area contributed by atoms with Crippen LogP contribution in [0.2, 0.25) is 0 Å². The summed E-state index contributed by atoms with van der Waals surface area (Å²) in [4.78, 5) is 2.48. The maximum absolute atomic E-state index is 4.15. The Kier molecular flexibility index (Phi) is 2.26. The van der Waals surface area contributed by atoms with Gasteiger partial charge >= 0.3 is 0 Å². The number of hydrogen-bond donors (Lipinski definition) is 0. The van der Waals surface area contributed by atoms with Crippen molar-refractivity contribution < 1.29 is 0 Å². The Morgan fingerprint density at radius 1 is 1.15 bits per heavy atom. The molecule has 0 N–H and O–H groups in total. The summed E-state index contributed by atoms with van der Waals surface area (Å²) in [6.07, 6.45) is 6.92. The lowest BCUT2D eigenvalue weighted by molar-refractivity contribution is 0.298. The zero-order chi connectivity index (χ0) is 9.26. The third kappa shape index (κ3) is 1.43. The van der Waals surface area contributed by atoms with Gasteiger partial charge in [-0.05, 0) is 36.8 Å². The molecule has 0 spiro atoms. The van der Waals surface area contributed by atoms with Crippen molar-refractivity contribution >= 4 is 0 Å². The van der Waals surface area contributed by atoms with Gasteiger partial charge in [-0.2, -0.15) is 0 Å². The van der Waals surface area contributed by atoms with Crippen molar-refractivity contribution in [3.63, 3.8) is 0 Å². The van der Waals surface area contributed by atoms with E-state index in [1.807, 2.05) is 6.08 Å². The van der Waals surface area contributed by atoms with Gasteiger partial charge in [0.2, 0.25) is 0 Å². The average Bonchev–Trinajstić information content (AvgIpc) is 2.17. The molecule has 1 nitrogen and oxygen atoms in total. The minimum atomic E-state index is 1.17. The van der Waals surface area contributed by atoms with Gasteiger partial charge in [0.1, 0.15) is 0 Å². The van der Waals surface area contributed by atoms with E-state index in [1.54, 1.807) is 0 Å². The van der Waals surface area contributed by atoms with E-state index in [2.05, 4.69) is 18.1 Å².